The van der Waals surface area contributed by atoms with Gasteiger partial charge in [-0.1, -0.05) is 69.2 Å². The zero-order valence-electron chi connectivity index (χ0n) is 59.1. The number of carbonyl (C=O) groups excluding carboxylic acids is 10. The highest BCUT2D eigenvalue weighted by atomic mass is 32.5. The van der Waals surface area contributed by atoms with Crippen molar-refractivity contribution in [1.82, 2.24) is 30.7 Å². The smallest absolute Gasteiger partial charge is 0.327 e. The third-order valence-electron chi connectivity index (χ3n) is 16.1. The monoisotopic (exact) mass is 1500 g/mol. The van der Waals surface area contributed by atoms with E-state index in [4.69, 9.17) is 86.0 Å². The number of Topliss-reactive ketones (excluding diaryl/α,β-unsaturated/α-hetero) is 3. The average Bonchev–Trinajstić information content (AvgIpc) is 1.78. The summed E-state index contributed by atoms with van der Waals surface area (Å²) in [5, 5.41) is 26.8. The fourth-order valence-electron chi connectivity index (χ4n) is 10.2. The number of ether oxygens (including phenoxy) is 1. The van der Waals surface area contributed by atoms with Gasteiger partial charge < -0.3 is 72.7 Å². The van der Waals surface area contributed by atoms with Gasteiger partial charge in [0.05, 0.1) is 43.8 Å². The lowest BCUT2D eigenvalue weighted by atomic mass is 10.1. The number of hydrogen-bond acceptors (Lipinski definition) is 25. The van der Waals surface area contributed by atoms with Crippen LogP contribution in [0.5, 0.6) is 0 Å². The Morgan fingerprint density at radius 3 is 1.11 bits per heavy atom. The van der Waals surface area contributed by atoms with Crippen molar-refractivity contribution in [3.8, 4) is 0 Å². The van der Waals surface area contributed by atoms with Gasteiger partial charge in [0.1, 0.15) is 43.3 Å². The second-order valence-electron chi connectivity index (χ2n) is 23.5. The van der Waals surface area contributed by atoms with Crippen LogP contribution in [-0.4, -0.2) is 219 Å². The van der Waals surface area contributed by atoms with Crippen molar-refractivity contribution < 1.29 is 108 Å². The van der Waals surface area contributed by atoms with Crippen LogP contribution in [0.4, 0.5) is 0 Å². The molecule has 0 radical (unpaired) electrons. The van der Waals surface area contributed by atoms with Gasteiger partial charge in [0.2, 0.25) is 35.4 Å². The summed E-state index contributed by atoms with van der Waals surface area (Å²) < 4.78 is 55.8. The molecule has 3 fully saturated rings. The molecular weight excluding hydrogens is 1390 g/mol. The first-order chi connectivity index (χ1) is 45.8. The minimum atomic E-state index is -3.39. The quantitative estimate of drug-likeness (QED) is 0.0292. The fraction of sp³-hybridized carbons (Fsp3) is 0.823. The van der Waals surface area contributed by atoms with Crippen LogP contribution < -0.4 is 16.0 Å². The van der Waals surface area contributed by atoms with Crippen molar-refractivity contribution >= 4 is 120 Å². The van der Waals surface area contributed by atoms with Crippen LogP contribution in [0.3, 0.4) is 0 Å². The first-order valence-electron chi connectivity index (χ1n) is 33.6. The number of rotatable bonds is 46. The zero-order valence-corrected chi connectivity index (χ0v) is 64.2. The van der Waals surface area contributed by atoms with Crippen LogP contribution in [0.2, 0.25) is 0 Å². The Hall–Kier alpha value is -3.68. The second-order valence-corrected chi connectivity index (χ2v) is 32.7. The lowest BCUT2D eigenvalue weighted by molar-refractivity contribution is -0.152. The molecule has 3 aliphatic rings. The minimum Gasteiger partial charge on any atom is -0.481 e. The number of likely N-dealkylation sites (tertiary alicyclic amines) is 3. The predicted octanol–water partition coefficient (Wildman–Crippen LogP) is 7.44. The maximum atomic E-state index is 13.0. The summed E-state index contributed by atoms with van der Waals surface area (Å²) in [4.78, 5) is 136. The Kier molecular flexibility index (Phi) is 46.2. The van der Waals surface area contributed by atoms with Crippen LogP contribution in [0.15, 0.2) is 0 Å². The predicted molar refractivity (Wildman–Crippen MR) is 373 cm³/mol. The number of ketones is 3. The van der Waals surface area contributed by atoms with Crippen LogP contribution in [0, 0.1) is 5.92 Å². The van der Waals surface area contributed by atoms with E-state index in [2.05, 4.69) is 29.8 Å². The Balaban J connectivity index is 0.000000733. The molecule has 3 aliphatic heterocycles. The molecule has 29 nitrogen and oxygen atoms in total. The Morgan fingerprint density at radius 2 is 0.794 bits per heavy atom. The standard InChI is InChI=1S/C23H39N2O10PS.C20H37N2O6PS.C19H35N2O7PS/c1-5-16-12-19(34-23(31)11-10-22(29)30)14-25(16)21(28)15-33-36(37,32-4)35-18(9-8-17(26)6-2)13-24-20(27)7-3;1-6-16-11-15(4)13-22(16)20(25)14-27-29(30,26-5)28-18(10-9-17(23)7-2)12-21-19(24)8-3;1-5-14-10-16(23)12-21(14)19(25)13-27-29(30,26-4)28-17(9-8-15(22)6-2)11-20-18(24)7-3/h16,18-19H,5-15H2,1-4H3,(H,24,27)(H,29,30);15-16,18H,6-14H2,1-5H3,(H,21,24);14,16-17,23H,5-13H2,1-4H3,(H,20,24)/t16-,18?,19-,36?;15-,16-,18?,29?;14-,16-,17?,29?/m111/s1. The Morgan fingerprint density at radius 1 is 0.464 bits per heavy atom. The third kappa shape index (κ3) is 36.7. The Bertz CT molecular complexity index is 2500. The Labute approximate surface area is 589 Å². The van der Waals surface area contributed by atoms with Crippen molar-refractivity contribution in [1.29, 1.82) is 0 Å². The van der Waals surface area contributed by atoms with Gasteiger partial charge in [0, 0.05) is 136 Å². The summed E-state index contributed by atoms with van der Waals surface area (Å²) in [6.45, 7) is 9.37. The molecule has 0 aliphatic carbocycles. The minimum absolute atomic E-state index is 0.0329. The van der Waals surface area contributed by atoms with Gasteiger partial charge in [-0.25, -0.2) is 0 Å². The number of aliphatic hydroxyl groups is 1. The molecular formula is C62H111N6O23P3S3. The molecule has 0 bridgehead atoms. The molecule has 0 aromatic carbocycles. The van der Waals surface area contributed by atoms with Crippen LogP contribution in [-0.2, 0) is 134 Å². The summed E-state index contributed by atoms with van der Waals surface area (Å²) in [7, 11) is 4.04. The molecule has 0 aromatic heterocycles. The van der Waals surface area contributed by atoms with Crippen molar-refractivity contribution in [3.05, 3.63) is 0 Å². The van der Waals surface area contributed by atoms with Crippen molar-refractivity contribution in [2.24, 2.45) is 5.92 Å². The van der Waals surface area contributed by atoms with E-state index in [1.54, 1.807) is 51.3 Å². The van der Waals surface area contributed by atoms with E-state index in [1.165, 1.54) is 21.3 Å². The van der Waals surface area contributed by atoms with Crippen molar-refractivity contribution in [2.45, 2.75) is 246 Å². The molecule has 560 valence electrons. The van der Waals surface area contributed by atoms with Gasteiger partial charge in [-0.15, -0.1) is 0 Å². The second kappa shape index (κ2) is 49.0. The first-order valence-corrected chi connectivity index (χ1v) is 41.3. The number of carbonyl (C=O) groups is 11. The van der Waals surface area contributed by atoms with Crippen LogP contribution >= 0.6 is 20.2 Å². The largest absolute Gasteiger partial charge is 0.481 e. The van der Waals surface area contributed by atoms with Gasteiger partial charge in [0.15, 0.2) is 0 Å². The molecule has 3 rings (SSSR count). The normalized spacial score (nSPS) is 21.0. The van der Waals surface area contributed by atoms with Crippen molar-refractivity contribution in [2.75, 3.05) is 80.4 Å². The highest BCUT2D eigenvalue weighted by Gasteiger charge is 2.39. The molecule has 12 atom stereocenters. The van der Waals surface area contributed by atoms with E-state index >= 15 is 0 Å². The number of esters is 1. The van der Waals surface area contributed by atoms with Gasteiger partial charge in [-0.3, -0.25) is 66.3 Å². The summed E-state index contributed by atoms with van der Waals surface area (Å²) in [6.07, 6.45) is 4.87. The maximum absolute atomic E-state index is 13.0. The molecule has 6 unspecified atom stereocenters. The zero-order chi connectivity index (χ0) is 73.5. The molecule has 35 heteroatoms. The molecule has 97 heavy (non-hydrogen) atoms. The van der Waals surface area contributed by atoms with E-state index in [0.29, 0.717) is 89.5 Å². The number of carboxylic acids is 1. The molecule has 5 N–H and O–H groups in total. The number of carboxylic acid groups (broad SMARTS) is 1. The van der Waals surface area contributed by atoms with E-state index in [0.717, 1.165) is 19.3 Å². The van der Waals surface area contributed by atoms with E-state index in [-0.39, 0.29) is 149 Å². The number of aliphatic carboxylic acids is 1. The average molecular weight is 1500 g/mol. The number of β-amino-alcohol motifs (C(OH)–C–C–N with tert-alkyl or cyclic N) is 1. The first kappa shape index (κ1) is 91.3. The van der Waals surface area contributed by atoms with E-state index < -0.39 is 69.2 Å². The lowest BCUT2D eigenvalue weighted by Gasteiger charge is -2.28. The molecule has 3 heterocycles. The fourth-order valence-corrected chi connectivity index (χ4v) is 15.0. The SMILES string of the molecule is CCC(=O)CCC(CNC(=O)CC)OP(=S)(OC)OCC(=O)N1C[C@H](C)C[C@H]1CC.CCC(=O)CCC(CNC(=O)CC)OP(=S)(OC)OCC(=O)N1C[C@H](O)C[C@H]1CC.CCC(=O)CCC(CNC(=O)CC)OP(=S)(OC)OCC(=O)N1C[C@H](OC(=O)CCC(=O)O)C[C@H]1CC. The molecule has 3 saturated heterocycles. The van der Waals surface area contributed by atoms with Crippen molar-refractivity contribution in [3.63, 3.8) is 0 Å². The lowest BCUT2D eigenvalue weighted by Crippen LogP contribution is -2.38. The molecule has 0 saturated carbocycles. The van der Waals surface area contributed by atoms with Crippen LogP contribution in [0.25, 0.3) is 0 Å². The van der Waals surface area contributed by atoms with Crippen LogP contribution in [0.1, 0.15) is 198 Å². The van der Waals surface area contributed by atoms with Gasteiger partial charge >= 0.3 is 32.1 Å². The number of hydrogen-bond donors (Lipinski definition) is 5. The maximum Gasteiger partial charge on any atom is 0.327 e. The highest BCUT2D eigenvalue weighted by Crippen LogP contribution is 2.53. The molecule has 0 spiro atoms. The van der Waals surface area contributed by atoms with E-state index in [9.17, 15) is 57.8 Å². The highest BCUT2D eigenvalue weighted by molar-refractivity contribution is 8.08. The number of aliphatic hydroxyl groups excluding tert-OH is 1. The molecule has 6 amide bonds. The van der Waals surface area contributed by atoms with Gasteiger partial charge in [0.25, 0.3) is 0 Å². The third-order valence-corrected chi connectivity index (χ3v) is 23.5. The number of nitrogens with one attached hydrogen (secondary N) is 3. The summed E-state index contributed by atoms with van der Waals surface area (Å²) in [5.41, 5.74) is 0. The number of nitrogens with zero attached hydrogens (tertiary/aromatic N) is 3. The molecule has 0 aromatic rings. The topological polar surface area (TPSA) is 366 Å². The van der Waals surface area contributed by atoms with Gasteiger partial charge in [-0.2, -0.15) is 0 Å². The van der Waals surface area contributed by atoms with E-state index in [1.807, 2.05) is 18.7 Å². The summed E-state index contributed by atoms with van der Waals surface area (Å²) in [6, 6.07) is -0.00397. The number of amides is 6. The summed E-state index contributed by atoms with van der Waals surface area (Å²) >= 11 is 16.3. The summed E-state index contributed by atoms with van der Waals surface area (Å²) in [5.74, 6) is -2.30. The van der Waals surface area contributed by atoms with Gasteiger partial charge in [-0.05, 0) is 92.7 Å².